The van der Waals surface area contributed by atoms with Crippen LogP contribution >= 0.6 is 0 Å². The maximum atomic E-state index is 13.5. The van der Waals surface area contributed by atoms with Gasteiger partial charge in [0.25, 0.3) is 5.91 Å². The van der Waals surface area contributed by atoms with Crippen LogP contribution in [0, 0.1) is 18.7 Å². The Labute approximate surface area is 152 Å². The van der Waals surface area contributed by atoms with Gasteiger partial charge in [-0.25, -0.2) is 4.39 Å². The van der Waals surface area contributed by atoms with Crippen molar-refractivity contribution in [1.82, 2.24) is 14.8 Å². The molecule has 1 saturated heterocycles. The molecule has 1 aliphatic heterocycles. The molecule has 2 heterocycles. The lowest BCUT2D eigenvalue weighted by Crippen LogP contribution is -2.58. The van der Waals surface area contributed by atoms with Crippen LogP contribution in [0.5, 0.6) is 0 Å². The highest BCUT2D eigenvalue weighted by molar-refractivity contribution is 6.07. The van der Waals surface area contributed by atoms with Gasteiger partial charge in [0.1, 0.15) is 11.9 Å². The third kappa shape index (κ3) is 3.41. The first-order valence-electron chi connectivity index (χ1n) is 8.94. The van der Waals surface area contributed by atoms with Gasteiger partial charge in [0, 0.05) is 36.8 Å². The largest absolute Gasteiger partial charge is 0.339 e. The van der Waals surface area contributed by atoms with Gasteiger partial charge in [0.2, 0.25) is 5.91 Å². The molecule has 1 aromatic heterocycles. The smallest absolute Gasteiger partial charge is 0.255 e. The number of hydrogen-bond acceptors (Lipinski definition) is 3. The predicted octanol–water partition coefficient (Wildman–Crippen LogP) is 3.01. The Kier molecular flexibility index (Phi) is 4.94. The number of aryl methyl sites for hydroxylation is 1. The Bertz CT molecular complexity index is 860. The zero-order valence-corrected chi connectivity index (χ0v) is 15.6. The minimum absolute atomic E-state index is 0.0283. The zero-order valence-electron chi connectivity index (χ0n) is 15.6. The van der Waals surface area contributed by atoms with Gasteiger partial charge in [-0.15, -0.1) is 0 Å². The number of amides is 2. The minimum atomic E-state index is -0.515. The molecular weight excluding hydrogens is 333 g/mol. The van der Waals surface area contributed by atoms with Crippen molar-refractivity contribution in [3.63, 3.8) is 0 Å². The molecule has 1 atom stereocenters. The molecule has 1 unspecified atom stereocenters. The number of aromatic nitrogens is 1. The van der Waals surface area contributed by atoms with Crippen molar-refractivity contribution in [1.29, 1.82) is 0 Å². The molecule has 5 nitrogen and oxygen atoms in total. The van der Waals surface area contributed by atoms with Crippen molar-refractivity contribution < 1.29 is 14.0 Å². The van der Waals surface area contributed by atoms with E-state index in [0.29, 0.717) is 47.7 Å². The summed E-state index contributed by atoms with van der Waals surface area (Å²) >= 11 is 0. The van der Waals surface area contributed by atoms with Crippen molar-refractivity contribution in [3.05, 3.63) is 41.3 Å². The summed E-state index contributed by atoms with van der Waals surface area (Å²) in [6, 6.07) is 5.42. The monoisotopic (exact) mass is 357 g/mol. The number of piperazine rings is 1. The second-order valence-corrected chi connectivity index (χ2v) is 7.33. The molecule has 0 radical (unpaired) electrons. The third-order valence-corrected chi connectivity index (χ3v) is 4.72. The van der Waals surface area contributed by atoms with Crippen LogP contribution in [0.1, 0.15) is 36.8 Å². The van der Waals surface area contributed by atoms with E-state index in [1.54, 1.807) is 30.9 Å². The van der Waals surface area contributed by atoms with Crippen LogP contribution in [0.25, 0.3) is 10.9 Å². The van der Waals surface area contributed by atoms with Crippen molar-refractivity contribution in [2.24, 2.45) is 5.92 Å². The van der Waals surface area contributed by atoms with Crippen LogP contribution in [0.4, 0.5) is 4.39 Å². The number of nitrogens with zero attached hydrogens (tertiary/aromatic N) is 3. The fraction of sp³-hybridized carbons (Fsp3) is 0.450. The van der Waals surface area contributed by atoms with Gasteiger partial charge in [-0.05, 0) is 38.0 Å². The number of carbonyl (C=O) groups is 2. The van der Waals surface area contributed by atoms with Crippen LogP contribution in [0.15, 0.2) is 24.3 Å². The van der Waals surface area contributed by atoms with Gasteiger partial charge >= 0.3 is 0 Å². The number of benzene rings is 1. The average molecular weight is 357 g/mol. The van der Waals surface area contributed by atoms with Crippen molar-refractivity contribution in [2.45, 2.75) is 33.7 Å². The lowest BCUT2D eigenvalue weighted by molar-refractivity contribution is -0.140. The Hall–Kier alpha value is -2.50. The topological polar surface area (TPSA) is 53.5 Å². The Morgan fingerprint density at radius 2 is 2.04 bits per heavy atom. The van der Waals surface area contributed by atoms with Crippen LogP contribution < -0.4 is 0 Å². The lowest BCUT2D eigenvalue weighted by Gasteiger charge is -2.40. The molecule has 0 saturated carbocycles. The molecule has 1 aromatic carbocycles. The second kappa shape index (κ2) is 7.02. The third-order valence-electron chi connectivity index (χ3n) is 4.72. The average Bonchev–Trinajstić information content (AvgIpc) is 2.57. The van der Waals surface area contributed by atoms with E-state index in [2.05, 4.69) is 18.8 Å². The molecule has 0 bridgehead atoms. The van der Waals surface area contributed by atoms with E-state index in [1.165, 1.54) is 12.1 Å². The normalized spacial score (nSPS) is 18.1. The molecule has 3 rings (SSSR count). The number of pyridine rings is 1. The summed E-state index contributed by atoms with van der Waals surface area (Å²) in [5.41, 5.74) is 1.55. The van der Waals surface area contributed by atoms with Gasteiger partial charge < -0.3 is 9.80 Å². The predicted molar refractivity (Wildman–Crippen MR) is 98.4 cm³/mol. The fourth-order valence-electron chi connectivity index (χ4n) is 3.49. The zero-order chi connectivity index (χ0) is 19.0. The lowest BCUT2D eigenvalue weighted by atomic mass is 10.0. The number of halogens is 1. The van der Waals surface area contributed by atoms with E-state index in [1.807, 2.05) is 4.90 Å². The van der Waals surface area contributed by atoms with Crippen LogP contribution in [-0.4, -0.2) is 52.3 Å². The summed E-state index contributed by atoms with van der Waals surface area (Å²) in [7, 11) is 0. The van der Waals surface area contributed by atoms with E-state index in [-0.39, 0.29) is 17.6 Å². The second-order valence-electron chi connectivity index (χ2n) is 7.33. The van der Waals surface area contributed by atoms with Crippen molar-refractivity contribution in [3.8, 4) is 0 Å². The van der Waals surface area contributed by atoms with E-state index in [9.17, 15) is 14.0 Å². The standard InChI is InChI=1S/C20H24FN3O2/c1-12(2)11-23-7-8-24(14(4)19(23)25)20(26)17-9-13(3)22-18-10-15(21)5-6-16(17)18/h5-6,9-10,12,14H,7-8,11H2,1-4H3. The molecule has 2 aromatic rings. The summed E-state index contributed by atoms with van der Waals surface area (Å²) in [4.78, 5) is 33.6. The van der Waals surface area contributed by atoms with Crippen LogP contribution in [0.3, 0.4) is 0 Å². The molecule has 0 N–H and O–H groups in total. The molecule has 6 heteroatoms. The number of rotatable bonds is 3. The molecule has 138 valence electrons. The number of carbonyl (C=O) groups excluding carboxylic acids is 2. The quantitative estimate of drug-likeness (QED) is 0.848. The van der Waals surface area contributed by atoms with E-state index >= 15 is 0 Å². The SMILES string of the molecule is Cc1cc(C(=O)N2CCN(CC(C)C)C(=O)C2C)c2ccc(F)cc2n1. The number of hydrogen-bond donors (Lipinski definition) is 0. The molecular formula is C20H24FN3O2. The van der Waals surface area contributed by atoms with E-state index in [0.717, 1.165) is 0 Å². The fourth-order valence-corrected chi connectivity index (χ4v) is 3.49. The van der Waals surface area contributed by atoms with E-state index < -0.39 is 6.04 Å². The molecule has 26 heavy (non-hydrogen) atoms. The first kappa shape index (κ1) is 18.3. The van der Waals surface area contributed by atoms with Gasteiger partial charge in [-0.2, -0.15) is 0 Å². The highest BCUT2D eigenvalue weighted by Gasteiger charge is 2.35. The molecule has 1 fully saturated rings. The maximum absolute atomic E-state index is 13.5. The molecule has 2 amide bonds. The summed E-state index contributed by atoms with van der Waals surface area (Å²) in [5, 5.41) is 0.603. The summed E-state index contributed by atoms with van der Waals surface area (Å²) in [6.07, 6.45) is 0. The van der Waals surface area contributed by atoms with Gasteiger partial charge in [0.15, 0.2) is 0 Å². The molecule has 0 aliphatic carbocycles. The van der Waals surface area contributed by atoms with E-state index in [4.69, 9.17) is 0 Å². The Balaban J connectivity index is 1.93. The van der Waals surface area contributed by atoms with Crippen molar-refractivity contribution >= 4 is 22.7 Å². The van der Waals surface area contributed by atoms with Gasteiger partial charge in [-0.1, -0.05) is 13.8 Å². The van der Waals surface area contributed by atoms with Crippen molar-refractivity contribution in [2.75, 3.05) is 19.6 Å². The van der Waals surface area contributed by atoms with Crippen LogP contribution in [-0.2, 0) is 4.79 Å². The Morgan fingerprint density at radius 1 is 1.31 bits per heavy atom. The summed E-state index contributed by atoms with van der Waals surface area (Å²) in [6.45, 7) is 9.40. The first-order chi connectivity index (χ1) is 12.3. The van der Waals surface area contributed by atoms with Crippen LogP contribution in [0.2, 0.25) is 0 Å². The minimum Gasteiger partial charge on any atom is -0.339 e. The highest BCUT2D eigenvalue weighted by Crippen LogP contribution is 2.23. The molecule has 1 aliphatic rings. The maximum Gasteiger partial charge on any atom is 0.255 e. The Morgan fingerprint density at radius 3 is 2.73 bits per heavy atom. The molecule has 0 spiro atoms. The highest BCUT2D eigenvalue weighted by atomic mass is 19.1. The summed E-state index contributed by atoms with van der Waals surface area (Å²) in [5.74, 6) is -0.244. The summed E-state index contributed by atoms with van der Waals surface area (Å²) < 4.78 is 13.5. The number of fused-ring (bicyclic) bond motifs is 1. The first-order valence-corrected chi connectivity index (χ1v) is 8.94. The van der Waals surface area contributed by atoms with Gasteiger partial charge in [0.05, 0.1) is 11.1 Å². The van der Waals surface area contributed by atoms with Gasteiger partial charge in [-0.3, -0.25) is 14.6 Å².